The minimum Gasteiger partial charge on any atom is -0.457 e. The SMILES string of the molecule is COC(/C=C1/C(=O)NC(=S)N(c2ccc(Oc3ccccc3)cc2)C1=O)OC. The van der Waals surface area contributed by atoms with Gasteiger partial charge in [-0.05, 0) is 54.7 Å². The molecule has 0 saturated carbocycles. The molecule has 2 aromatic rings. The van der Waals surface area contributed by atoms with Crippen molar-refractivity contribution in [2.24, 2.45) is 0 Å². The maximum Gasteiger partial charge on any atom is 0.270 e. The number of carbonyl (C=O) groups excluding carboxylic acids is 2. The lowest BCUT2D eigenvalue weighted by molar-refractivity contribution is -0.123. The van der Waals surface area contributed by atoms with E-state index in [1.54, 1.807) is 24.3 Å². The van der Waals surface area contributed by atoms with Gasteiger partial charge in [0.1, 0.15) is 17.1 Å². The number of para-hydroxylation sites is 1. The van der Waals surface area contributed by atoms with Gasteiger partial charge in [0.15, 0.2) is 11.4 Å². The molecule has 0 unspecified atom stereocenters. The molecular weight excluding hydrogens is 380 g/mol. The first-order valence-electron chi connectivity index (χ1n) is 8.33. The van der Waals surface area contributed by atoms with Gasteiger partial charge in [-0.3, -0.25) is 19.8 Å². The number of thiocarbonyl (C=S) groups is 1. The van der Waals surface area contributed by atoms with Crippen LogP contribution in [-0.2, 0) is 19.1 Å². The summed E-state index contributed by atoms with van der Waals surface area (Å²) >= 11 is 5.18. The van der Waals surface area contributed by atoms with Crippen molar-refractivity contribution in [2.75, 3.05) is 19.1 Å². The van der Waals surface area contributed by atoms with E-state index in [4.69, 9.17) is 26.4 Å². The molecular formula is C20H18N2O5S. The zero-order chi connectivity index (χ0) is 20.1. The first-order chi connectivity index (χ1) is 13.5. The van der Waals surface area contributed by atoms with Crippen LogP contribution in [0.2, 0.25) is 0 Å². The predicted molar refractivity (Wildman–Crippen MR) is 107 cm³/mol. The Morgan fingerprint density at radius 2 is 1.57 bits per heavy atom. The van der Waals surface area contributed by atoms with Gasteiger partial charge >= 0.3 is 0 Å². The molecule has 144 valence electrons. The van der Waals surface area contributed by atoms with Crippen LogP contribution in [-0.4, -0.2) is 37.4 Å². The van der Waals surface area contributed by atoms with Gasteiger partial charge in [0.05, 0.1) is 5.69 Å². The van der Waals surface area contributed by atoms with Gasteiger partial charge in [0, 0.05) is 14.2 Å². The van der Waals surface area contributed by atoms with E-state index in [-0.39, 0.29) is 10.7 Å². The van der Waals surface area contributed by atoms with Crippen molar-refractivity contribution >= 4 is 34.8 Å². The Bertz CT molecular complexity index is 908. The molecule has 1 aliphatic rings. The Labute approximate surface area is 167 Å². The quantitative estimate of drug-likeness (QED) is 0.349. The zero-order valence-corrected chi connectivity index (χ0v) is 16.1. The number of nitrogens with one attached hydrogen (secondary N) is 1. The largest absolute Gasteiger partial charge is 0.457 e. The molecule has 0 atom stereocenters. The molecule has 7 nitrogen and oxygen atoms in total. The van der Waals surface area contributed by atoms with Crippen LogP contribution in [0.1, 0.15) is 0 Å². The standard InChI is InChI=1S/C20H18N2O5S/c1-25-17(26-2)12-16-18(23)21-20(28)22(19(16)24)13-8-10-15(11-9-13)27-14-6-4-3-5-7-14/h3-12,17H,1-2H3,(H,21,23,28)/b16-12-. The van der Waals surface area contributed by atoms with E-state index in [1.165, 1.54) is 25.2 Å². The van der Waals surface area contributed by atoms with Crippen LogP contribution < -0.4 is 15.0 Å². The highest BCUT2D eigenvalue weighted by Crippen LogP contribution is 2.26. The molecule has 28 heavy (non-hydrogen) atoms. The molecule has 1 N–H and O–H groups in total. The first kappa shape index (κ1) is 19.7. The number of carbonyl (C=O) groups is 2. The van der Waals surface area contributed by atoms with Crippen molar-refractivity contribution in [3.8, 4) is 11.5 Å². The van der Waals surface area contributed by atoms with E-state index in [1.807, 2.05) is 30.3 Å². The molecule has 0 radical (unpaired) electrons. The van der Waals surface area contributed by atoms with Crippen LogP contribution in [0.4, 0.5) is 5.69 Å². The molecule has 1 saturated heterocycles. The third kappa shape index (κ3) is 4.25. The Morgan fingerprint density at radius 1 is 0.964 bits per heavy atom. The molecule has 1 heterocycles. The van der Waals surface area contributed by atoms with Crippen LogP contribution in [0.25, 0.3) is 0 Å². The molecule has 1 fully saturated rings. The minimum atomic E-state index is -0.833. The Balaban J connectivity index is 1.84. The summed E-state index contributed by atoms with van der Waals surface area (Å²) in [5.74, 6) is 0.130. The van der Waals surface area contributed by atoms with E-state index in [2.05, 4.69) is 5.32 Å². The molecule has 1 aliphatic heterocycles. The minimum absolute atomic E-state index is 0.00439. The summed E-state index contributed by atoms with van der Waals surface area (Å²) in [7, 11) is 2.81. The van der Waals surface area contributed by atoms with Gasteiger partial charge in [-0.25, -0.2) is 0 Å². The summed E-state index contributed by atoms with van der Waals surface area (Å²) in [6, 6.07) is 16.1. The lowest BCUT2D eigenvalue weighted by atomic mass is 10.1. The second-order valence-electron chi connectivity index (χ2n) is 5.73. The van der Waals surface area contributed by atoms with Crippen molar-refractivity contribution in [1.29, 1.82) is 0 Å². The number of anilines is 1. The summed E-state index contributed by atoms with van der Waals surface area (Å²) in [6.45, 7) is 0. The summed E-state index contributed by atoms with van der Waals surface area (Å²) < 4.78 is 15.8. The average molecular weight is 398 g/mol. The second-order valence-corrected chi connectivity index (χ2v) is 6.12. The second kappa shape index (κ2) is 8.75. The summed E-state index contributed by atoms with van der Waals surface area (Å²) in [5, 5.41) is 2.50. The van der Waals surface area contributed by atoms with E-state index in [0.29, 0.717) is 17.2 Å². The molecule has 0 spiro atoms. The highest BCUT2D eigenvalue weighted by molar-refractivity contribution is 7.80. The number of benzene rings is 2. The first-order valence-corrected chi connectivity index (χ1v) is 8.74. The fourth-order valence-electron chi connectivity index (χ4n) is 2.57. The topological polar surface area (TPSA) is 77.1 Å². The molecule has 0 aromatic heterocycles. The third-order valence-corrected chi connectivity index (χ3v) is 4.23. The monoisotopic (exact) mass is 398 g/mol. The number of hydrogen-bond acceptors (Lipinski definition) is 6. The highest BCUT2D eigenvalue weighted by atomic mass is 32.1. The summed E-state index contributed by atoms with van der Waals surface area (Å²) in [6.07, 6.45) is 0.471. The lowest BCUT2D eigenvalue weighted by Crippen LogP contribution is -2.54. The third-order valence-electron chi connectivity index (χ3n) is 3.94. The van der Waals surface area contributed by atoms with Crippen molar-refractivity contribution in [3.05, 3.63) is 66.2 Å². The van der Waals surface area contributed by atoms with Crippen LogP contribution in [0.5, 0.6) is 11.5 Å². The van der Waals surface area contributed by atoms with E-state index in [9.17, 15) is 9.59 Å². The summed E-state index contributed by atoms with van der Waals surface area (Å²) in [4.78, 5) is 26.3. The number of rotatable bonds is 6. The Hall–Kier alpha value is -3.07. The van der Waals surface area contributed by atoms with Gasteiger partial charge in [-0.15, -0.1) is 0 Å². The van der Waals surface area contributed by atoms with E-state index in [0.717, 1.165) is 0 Å². The molecule has 0 aliphatic carbocycles. The predicted octanol–water partition coefficient (Wildman–Crippen LogP) is 2.77. The fourth-order valence-corrected chi connectivity index (χ4v) is 2.85. The van der Waals surface area contributed by atoms with Gasteiger partial charge < -0.3 is 14.2 Å². The van der Waals surface area contributed by atoms with Crippen molar-refractivity contribution < 1.29 is 23.8 Å². The summed E-state index contributed by atoms with van der Waals surface area (Å²) in [5.41, 5.74) is 0.375. The van der Waals surface area contributed by atoms with E-state index < -0.39 is 18.1 Å². The Kier molecular flexibility index (Phi) is 6.15. The van der Waals surface area contributed by atoms with E-state index >= 15 is 0 Å². The van der Waals surface area contributed by atoms with Crippen molar-refractivity contribution in [1.82, 2.24) is 5.32 Å². The molecule has 8 heteroatoms. The molecule has 2 aromatic carbocycles. The molecule has 2 amide bonds. The fraction of sp³-hybridized carbons (Fsp3) is 0.150. The number of methoxy groups -OCH3 is 2. The van der Waals surface area contributed by atoms with Crippen LogP contribution >= 0.6 is 12.2 Å². The molecule has 3 rings (SSSR count). The maximum atomic E-state index is 12.9. The smallest absolute Gasteiger partial charge is 0.270 e. The zero-order valence-electron chi connectivity index (χ0n) is 15.2. The number of amides is 2. The van der Waals surface area contributed by atoms with Gasteiger partial charge in [0.25, 0.3) is 11.8 Å². The van der Waals surface area contributed by atoms with Crippen LogP contribution in [0.15, 0.2) is 66.2 Å². The maximum absolute atomic E-state index is 12.9. The van der Waals surface area contributed by atoms with Crippen LogP contribution in [0, 0.1) is 0 Å². The average Bonchev–Trinajstić information content (AvgIpc) is 2.70. The number of hydrogen-bond donors (Lipinski definition) is 1. The normalized spacial score (nSPS) is 15.9. The van der Waals surface area contributed by atoms with Gasteiger partial charge in [-0.2, -0.15) is 0 Å². The Morgan fingerprint density at radius 3 is 2.18 bits per heavy atom. The van der Waals surface area contributed by atoms with Gasteiger partial charge in [0.2, 0.25) is 0 Å². The highest BCUT2D eigenvalue weighted by Gasteiger charge is 2.35. The van der Waals surface area contributed by atoms with Gasteiger partial charge in [-0.1, -0.05) is 18.2 Å². The van der Waals surface area contributed by atoms with Crippen molar-refractivity contribution in [2.45, 2.75) is 6.29 Å². The van der Waals surface area contributed by atoms with Crippen molar-refractivity contribution in [3.63, 3.8) is 0 Å². The number of nitrogens with zero attached hydrogens (tertiary/aromatic N) is 1. The van der Waals surface area contributed by atoms with Crippen LogP contribution in [0.3, 0.4) is 0 Å². The molecule has 0 bridgehead atoms. The lowest BCUT2D eigenvalue weighted by Gasteiger charge is -2.29. The number of ether oxygens (including phenoxy) is 3.